The molecule has 0 unspecified atom stereocenters. The minimum Gasteiger partial charge on any atom is -0.310 e. The molecule has 2 aliphatic heterocycles. The Bertz CT molecular complexity index is 4750. The SMILES string of the molecule is c1ccc(N(c2ccccc2)c2cc(B3c4cc5ccccc5cc4-c4cc5ccccc5cc43)c3ccc4c(B5c6cc7ccccc7cc6-c6cc7ccccc7cc65)cc(N(c5ccccc5)c5ccccc5)c5ccc2c3c45)cc1. The highest BCUT2D eigenvalue weighted by atomic mass is 15.1. The molecule has 0 aromatic heterocycles. The molecule has 0 atom stereocenters. The third-order valence-corrected chi connectivity index (χ3v) is 18.6. The van der Waals surface area contributed by atoms with E-state index in [0.29, 0.717) is 0 Å². The second-order valence-electron chi connectivity index (χ2n) is 23.1. The van der Waals surface area contributed by atoms with E-state index in [-0.39, 0.29) is 13.4 Å². The second kappa shape index (κ2) is 18.4. The summed E-state index contributed by atoms with van der Waals surface area (Å²) in [6, 6.07) is 114. The van der Waals surface area contributed by atoms with Crippen LogP contribution < -0.4 is 42.6 Å². The summed E-state index contributed by atoms with van der Waals surface area (Å²) < 4.78 is 0. The van der Waals surface area contributed by atoms with Gasteiger partial charge in [0, 0.05) is 33.5 Å². The number of rotatable bonds is 8. The first-order valence-electron chi connectivity index (χ1n) is 29.4. The quantitative estimate of drug-likeness (QED) is 0.111. The maximum atomic E-state index is 2.57. The third-order valence-electron chi connectivity index (χ3n) is 18.6. The summed E-state index contributed by atoms with van der Waals surface area (Å²) in [6.07, 6.45) is 0. The van der Waals surface area contributed by atoms with Crippen LogP contribution in [0.4, 0.5) is 34.1 Å². The van der Waals surface area contributed by atoms with Crippen LogP contribution in [0.25, 0.3) is 97.7 Å². The summed E-state index contributed by atoms with van der Waals surface area (Å²) in [4.78, 5) is 5.02. The number of para-hydroxylation sites is 4. The average Bonchev–Trinajstić information content (AvgIpc) is 2.09. The molecule has 0 spiro atoms. The Kier molecular flexibility index (Phi) is 10.3. The molecule has 2 aliphatic rings. The number of hydrogen-bond acceptors (Lipinski definition) is 2. The van der Waals surface area contributed by atoms with Crippen molar-refractivity contribution in [2.75, 3.05) is 9.80 Å². The molecule has 4 heteroatoms. The molecule has 0 radical (unpaired) electrons. The maximum Gasteiger partial charge on any atom is 0.243 e. The predicted molar refractivity (Wildman–Crippen MR) is 363 cm³/mol. The van der Waals surface area contributed by atoms with Gasteiger partial charge in [-0.25, -0.2) is 0 Å². The van der Waals surface area contributed by atoms with Gasteiger partial charge in [0.05, 0.1) is 11.4 Å². The first kappa shape index (κ1) is 47.0. The van der Waals surface area contributed by atoms with Crippen LogP contribution in [0.15, 0.2) is 303 Å². The van der Waals surface area contributed by atoms with Crippen molar-refractivity contribution >= 4 is 156 Å². The van der Waals surface area contributed by atoms with Gasteiger partial charge >= 0.3 is 0 Å². The number of anilines is 6. The van der Waals surface area contributed by atoms with Gasteiger partial charge in [0.2, 0.25) is 13.4 Å². The van der Waals surface area contributed by atoms with E-state index in [1.165, 1.54) is 130 Å². The Morgan fingerprint density at radius 2 is 0.417 bits per heavy atom. The summed E-state index contributed by atoms with van der Waals surface area (Å²) in [7, 11) is 0. The van der Waals surface area contributed by atoms with Gasteiger partial charge in [-0.3, -0.25) is 0 Å². The summed E-state index contributed by atoms with van der Waals surface area (Å²) in [5.74, 6) is 0. The lowest BCUT2D eigenvalue weighted by molar-refractivity contribution is 1.30. The topological polar surface area (TPSA) is 6.48 Å². The van der Waals surface area contributed by atoms with Crippen LogP contribution in [0.2, 0.25) is 0 Å². The van der Waals surface area contributed by atoms with Crippen LogP contribution in [0.5, 0.6) is 0 Å². The summed E-state index contributed by atoms with van der Waals surface area (Å²) in [5.41, 5.74) is 19.9. The molecule has 2 heterocycles. The van der Waals surface area contributed by atoms with E-state index in [0.717, 1.165) is 34.1 Å². The minimum atomic E-state index is -0.0832. The van der Waals surface area contributed by atoms with E-state index in [9.17, 15) is 0 Å². The smallest absolute Gasteiger partial charge is 0.243 e. The maximum absolute atomic E-state index is 2.57. The van der Waals surface area contributed by atoms with E-state index in [1.54, 1.807) is 0 Å². The van der Waals surface area contributed by atoms with Crippen molar-refractivity contribution in [3.63, 3.8) is 0 Å². The largest absolute Gasteiger partial charge is 0.310 e. The summed E-state index contributed by atoms with van der Waals surface area (Å²) in [5, 5.41) is 17.5. The Morgan fingerprint density at radius 3 is 0.679 bits per heavy atom. The lowest BCUT2D eigenvalue weighted by Crippen LogP contribution is -2.50. The average molecular weight is 1060 g/mol. The van der Waals surface area contributed by atoms with Crippen molar-refractivity contribution < 1.29 is 0 Å². The normalized spacial score (nSPS) is 12.5. The van der Waals surface area contributed by atoms with Crippen LogP contribution in [0.3, 0.4) is 0 Å². The highest BCUT2D eigenvalue weighted by molar-refractivity contribution is 7.01. The fourth-order valence-electron chi connectivity index (χ4n) is 14.9. The van der Waals surface area contributed by atoms with E-state index >= 15 is 0 Å². The lowest BCUT2D eigenvalue weighted by Gasteiger charge is -2.32. The van der Waals surface area contributed by atoms with Crippen LogP contribution in [0.1, 0.15) is 0 Å². The van der Waals surface area contributed by atoms with Gasteiger partial charge in [-0.05, 0) is 172 Å². The van der Waals surface area contributed by atoms with Crippen molar-refractivity contribution in [2.24, 2.45) is 0 Å². The van der Waals surface area contributed by atoms with Gasteiger partial charge in [-0.2, -0.15) is 0 Å². The monoisotopic (exact) mass is 1060 g/mol. The third kappa shape index (κ3) is 7.07. The fraction of sp³-hybridized carbons (Fsp3) is 0. The molecule has 0 fully saturated rings. The molecule has 84 heavy (non-hydrogen) atoms. The van der Waals surface area contributed by atoms with E-state index in [4.69, 9.17) is 0 Å². The Labute approximate surface area is 488 Å². The Morgan fingerprint density at radius 1 is 0.190 bits per heavy atom. The van der Waals surface area contributed by atoms with Gasteiger partial charge in [-0.1, -0.05) is 251 Å². The lowest BCUT2D eigenvalue weighted by atomic mass is 9.37. The number of nitrogens with zero attached hydrogens (tertiary/aromatic N) is 2. The number of benzene rings is 16. The Balaban J connectivity index is 1.02. The first-order chi connectivity index (χ1) is 41.7. The molecule has 16 aromatic carbocycles. The molecule has 0 amide bonds. The molecule has 0 bridgehead atoms. The molecule has 2 nitrogen and oxygen atoms in total. The van der Waals surface area contributed by atoms with Crippen molar-refractivity contribution in [3.8, 4) is 22.3 Å². The van der Waals surface area contributed by atoms with Crippen molar-refractivity contribution in [3.05, 3.63) is 303 Å². The number of fused-ring (bicyclic) bond motifs is 10. The van der Waals surface area contributed by atoms with Gasteiger partial charge in [0.1, 0.15) is 0 Å². The van der Waals surface area contributed by atoms with E-state index in [2.05, 4.69) is 313 Å². The van der Waals surface area contributed by atoms with Crippen LogP contribution in [-0.4, -0.2) is 13.4 Å². The predicted octanol–water partition coefficient (Wildman–Crippen LogP) is 17.1. The summed E-state index contributed by atoms with van der Waals surface area (Å²) >= 11 is 0. The van der Waals surface area contributed by atoms with E-state index in [1.807, 2.05) is 0 Å². The second-order valence-corrected chi connectivity index (χ2v) is 23.1. The van der Waals surface area contributed by atoms with Crippen LogP contribution in [0, 0.1) is 0 Å². The molecular weight excluding hydrogens is 1010 g/mol. The molecular formula is C80H50B2N2. The van der Waals surface area contributed by atoms with Gasteiger partial charge in [0.25, 0.3) is 0 Å². The highest BCUT2D eigenvalue weighted by Crippen LogP contribution is 2.48. The van der Waals surface area contributed by atoms with Crippen LogP contribution in [-0.2, 0) is 0 Å². The van der Waals surface area contributed by atoms with Crippen molar-refractivity contribution in [1.82, 2.24) is 0 Å². The zero-order chi connectivity index (χ0) is 55.0. The standard InChI is InChI=1S/C80H50B2N2/c1-5-29-59(30-6-1)83(60-31-7-2-8-32-60)77-49-75(81-71-45-55-25-17-13-21-51(55)41-67(71)68-42-52-22-14-18-26-56(52)46-72(68)81)63-37-38-64-76(82-73-47-57-27-19-15-23-53(57)43-69(73)70-44-54-24-16-20-28-58(54)48-74(70)82)50-78(66-40-39-65(77)79(63)80(64)66)84(61-33-9-3-10-34-61)62-35-11-4-12-36-62/h1-50H. The number of hydrogen-bond donors (Lipinski definition) is 0. The Hall–Kier alpha value is -10.7. The van der Waals surface area contributed by atoms with Crippen molar-refractivity contribution in [2.45, 2.75) is 0 Å². The summed E-state index contributed by atoms with van der Waals surface area (Å²) in [6.45, 7) is -0.166. The fourth-order valence-corrected chi connectivity index (χ4v) is 14.9. The van der Waals surface area contributed by atoms with Gasteiger partial charge in [-0.15, -0.1) is 0 Å². The van der Waals surface area contributed by atoms with Crippen molar-refractivity contribution in [1.29, 1.82) is 0 Å². The molecule has 386 valence electrons. The molecule has 0 aliphatic carbocycles. The minimum absolute atomic E-state index is 0.0832. The molecule has 0 N–H and O–H groups in total. The molecule has 0 saturated heterocycles. The highest BCUT2D eigenvalue weighted by Gasteiger charge is 2.40. The molecule has 16 aromatic rings. The first-order valence-corrected chi connectivity index (χ1v) is 29.4. The van der Waals surface area contributed by atoms with Gasteiger partial charge < -0.3 is 9.80 Å². The van der Waals surface area contributed by atoms with E-state index < -0.39 is 0 Å². The van der Waals surface area contributed by atoms with Crippen LogP contribution >= 0.6 is 0 Å². The molecule has 0 saturated carbocycles. The molecule has 18 rings (SSSR count). The zero-order valence-electron chi connectivity index (χ0n) is 45.9. The zero-order valence-corrected chi connectivity index (χ0v) is 45.9. The van der Waals surface area contributed by atoms with Gasteiger partial charge in [0.15, 0.2) is 0 Å².